The van der Waals surface area contributed by atoms with Gasteiger partial charge in [-0.1, -0.05) is 103 Å². The number of hydrogen-bond donors (Lipinski definition) is 0. The molecule has 23 heavy (non-hydrogen) atoms. The summed E-state index contributed by atoms with van der Waals surface area (Å²) in [6.07, 6.45) is 21.4. The van der Waals surface area contributed by atoms with Crippen LogP contribution < -0.4 is 0 Å². The standard InChI is InChI=1S/C15H18.4C2H6/c1-2-6-12(5-1)9-13-10-14-7-3-4-8-15(14)11-13;4*1-2/h1-5,7-8,13-15H,6,9-11H2;4*1-2H3. The van der Waals surface area contributed by atoms with E-state index in [9.17, 15) is 0 Å². The molecule has 3 aliphatic carbocycles. The van der Waals surface area contributed by atoms with E-state index in [1.54, 1.807) is 5.57 Å². The summed E-state index contributed by atoms with van der Waals surface area (Å²) in [5.41, 5.74) is 1.65. The zero-order valence-corrected chi connectivity index (χ0v) is 17.1. The fourth-order valence-corrected chi connectivity index (χ4v) is 3.25. The highest BCUT2D eigenvalue weighted by Crippen LogP contribution is 2.42. The summed E-state index contributed by atoms with van der Waals surface area (Å²) in [5, 5.41) is 0. The first-order chi connectivity index (χ1) is 11.4. The van der Waals surface area contributed by atoms with Crippen LogP contribution in [-0.4, -0.2) is 0 Å². The van der Waals surface area contributed by atoms with Gasteiger partial charge in [-0.15, -0.1) is 0 Å². The van der Waals surface area contributed by atoms with Gasteiger partial charge in [0.15, 0.2) is 0 Å². The Labute approximate surface area is 147 Å². The van der Waals surface area contributed by atoms with Gasteiger partial charge in [-0.25, -0.2) is 0 Å². The van der Waals surface area contributed by atoms with Crippen LogP contribution in [0.5, 0.6) is 0 Å². The monoisotopic (exact) mass is 318 g/mol. The Balaban J connectivity index is 0. The predicted octanol–water partition coefficient (Wildman–Crippen LogP) is 8.14. The zero-order chi connectivity index (χ0) is 18.1. The normalized spacial score (nSPS) is 25.2. The molecule has 0 heterocycles. The average Bonchev–Trinajstić information content (AvgIpc) is 3.31. The minimum atomic E-state index is 0.843. The lowest BCUT2D eigenvalue weighted by Crippen LogP contribution is -2.03. The second kappa shape index (κ2) is 17.3. The lowest BCUT2D eigenvalue weighted by molar-refractivity contribution is 0.523. The Morgan fingerprint density at radius 3 is 1.61 bits per heavy atom. The summed E-state index contributed by atoms with van der Waals surface area (Å²) in [4.78, 5) is 0. The SMILES string of the molecule is C1=CCC(CC2CC3C=CC=CC3C2)=C1.CC.CC.CC.CC. The minimum absolute atomic E-state index is 0.843. The van der Waals surface area contributed by atoms with E-state index in [1.165, 1.54) is 25.7 Å². The average molecular weight is 319 g/mol. The highest BCUT2D eigenvalue weighted by atomic mass is 14.4. The summed E-state index contributed by atoms with van der Waals surface area (Å²) in [6.45, 7) is 16.0. The molecule has 0 saturated heterocycles. The molecule has 0 bridgehead atoms. The molecule has 0 nitrogen and oxygen atoms in total. The molecule has 0 amide bonds. The first-order valence-electron chi connectivity index (χ1n) is 10.1. The Kier molecular flexibility index (Phi) is 18.2. The lowest BCUT2D eigenvalue weighted by atomic mass is 9.92. The molecule has 1 fully saturated rings. The minimum Gasteiger partial charge on any atom is -0.0808 e. The van der Waals surface area contributed by atoms with E-state index in [4.69, 9.17) is 0 Å². The van der Waals surface area contributed by atoms with Gasteiger partial charge >= 0.3 is 0 Å². The molecular formula is C23H42. The first-order valence-corrected chi connectivity index (χ1v) is 10.1. The Hall–Kier alpha value is -1.04. The van der Waals surface area contributed by atoms with Gasteiger partial charge in [0.25, 0.3) is 0 Å². The highest BCUT2D eigenvalue weighted by Gasteiger charge is 2.31. The summed E-state index contributed by atoms with van der Waals surface area (Å²) in [7, 11) is 0. The van der Waals surface area contributed by atoms with E-state index in [1.807, 2.05) is 55.4 Å². The maximum absolute atomic E-state index is 2.41. The van der Waals surface area contributed by atoms with Gasteiger partial charge in [0.05, 0.1) is 0 Å². The quantitative estimate of drug-likeness (QED) is 0.482. The van der Waals surface area contributed by atoms with Crippen LogP contribution in [0.2, 0.25) is 0 Å². The molecule has 3 rings (SSSR count). The fraction of sp³-hybridized carbons (Fsp3) is 0.652. The topological polar surface area (TPSA) is 0 Å². The van der Waals surface area contributed by atoms with Crippen LogP contribution in [-0.2, 0) is 0 Å². The third-order valence-electron chi connectivity index (χ3n) is 3.99. The molecule has 0 aromatic carbocycles. The molecule has 3 aliphatic rings. The van der Waals surface area contributed by atoms with E-state index in [0.29, 0.717) is 0 Å². The van der Waals surface area contributed by atoms with Crippen molar-refractivity contribution in [2.75, 3.05) is 0 Å². The van der Waals surface area contributed by atoms with Gasteiger partial charge in [-0.3, -0.25) is 0 Å². The summed E-state index contributed by atoms with van der Waals surface area (Å²) < 4.78 is 0. The van der Waals surface area contributed by atoms with Crippen LogP contribution in [0.3, 0.4) is 0 Å². The predicted molar refractivity (Wildman–Crippen MR) is 110 cm³/mol. The molecule has 0 aromatic heterocycles. The Bertz CT molecular complexity index is 334. The zero-order valence-electron chi connectivity index (χ0n) is 17.1. The highest BCUT2D eigenvalue weighted by molar-refractivity contribution is 5.24. The largest absolute Gasteiger partial charge is 0.0808 e. The molecule has 134 valence electrons. The summed E-state index contributed by atoms with van der Waals surface area (Å²) in [5.74, 6) is 2.61. The molecule has 0 aliphatic heterocycles. The van der Waals surface area contributed by atoms with Crippen LogP contribution in [0.4, 0.5) is 0 Å². The third-order valence-corrected chi connectivity index (χ3v) is 3.99. The van der Waals surface area contributed by atoms with Crippen molar-refractivity contribution in [3.05, 3.63) is 48.1 Å². The van der Waals surface area contributed by atoms with Crippen LogP contribution in [0.15, 0.2) is 48.1 Å². The van der Waals surface area contributed by atoms with Crippen molar-refractivity contribution in [2.24, 2.45) is 17.8 Å². The maximum Gasteiger partial charge on any atom is -0.0132 e. The van der Waals surface area contributed by atoms with Crippen LogP contribution >= 0.6 is 0 Å². The van der Waals surface area contributed by atoms with Gasteiger partial charge in [-0.2, -0.15) is 0 Å². The van der Waals surface area contributed by atoms with E-state index < -0.39 is 0 Å². The smallest absolute Gasteiger partial charge is 0.0132 e. The van der Waals surface area contributed by atoms with Gasteiger partial charge in [0, 0.05) is 0 Å². The molecule has 0 heteroatoms. The van der Waals surface area contributed by atoms with Crippen LogP contribution in [0, 0.1) is 17.8 Å². The van der Waals surface area contributed by atoms with Crippen molar-refractivity contribution in [1.29, 1.82) is 0 Å². The number of hydrogen-bond acceptors (Lipinski definition) is 0. The van der Waals surface area contributed by atoms with Crippen LogP contribution in [0.1, 0.15) is 81.1 Å². The van der Waals surface area contributed by atoms with Gasteiger partial charge in [0.1, 0.15) is 0 Å². The van der Waals surface area contributed by atoms with E-state index in [-0.39, 0.29) is 0 Å². The van der Waals surface area contributed by atoms with Crippen molar-refractivity contribution in [2.45, 2.75) is 81.1 Å². The molecule has 0 aromatic rings. The number of allylic oxidation sites excluding steroid dienone is 8. The molecule has 2 unspecified atom stereocenters. The molecule has 0 radical (unpaired) electrons. The van der Waals surface area contributed by atoms with Crippen molar-refractivity contribution < 1.29 is 0 Å². The maximum atomic E-state index is 2.41. The molecule has 2 atom stereocenters. The van der Waals surface area contributed by atoms with Crippen molar-refractivity contribution in [1.82, 2.24) is 0 Å². The molecule has 0 N–H and O–H groups in total. The van der Waals surface area contributed by atoms with E-state index in [2.05, 4.69) is 42.5 Å². The van der Waals surface area contributed by atoms with Gasteiger partial charge in [-0.05, 0) is 43.4 Å². The molecular weight excluding hydrogens is 276 g/mol. The summed E-state index contributed by atoms with van der Waals surface area (Å²) in [6, 6.07) is 0. The lowest BCUT2D eigenvalue weighted by Gasteiger charge is -2.13. The molecule has 1 saturated carbocycles. The third kappa shape index (κ3) is 8.98. The second-order valence-corrected chi connectivity index (χ2v) is 5.10. The fourth-order valence-electron chi connectivity index (χ4n) is 3.25. The number of fused-ring (bicyclic) bond motifs is 1. The molecule has 0 spiro atoms. The second-order valence-electron chi connectivity index (χ2n) is 5.10. The van der Waals surface area contributed by atoms with E-state index >= 15 is 0 Å². The van der Waals surface area contributed by atoms with Crippen molar-refractivity contribution >= 4 is 0 Å². The Morgan fingerprint density at radius 1 is 0.739 bits per heavy atom. The van der Waals surface area contributed by atoms with Gasteiger partial charge in [0.2, 0.25) is 0 Å². The van der Waals surface area contributed by atoms with Gasteiger partial charge < -0.3 is 0 Å². The summed E-state index contributed by atoms with van der Waals surface area (Å²) >= 11 is 0. The first kappa shape index (κ1) is 24.2. The Morgan fingerprint density at radius 2 is 1.22 bits per heavy atom. The van der Waals surface area contributed by atoms with Crippen LogP contribution in [0.25, 0.3) is 0 Å². The van der Waals surface area contributed by atoms with Crippen molar-refractivity contribution in [3.63, 3.8) is 0 Å². The van der Waals surface area contributed by atoms with Crippen molar-refractivity contribution in [3.8, 4) is 0 Å². The number of rotatable bonds is 2. The van der Waals surface area contributed by atoms with E-state index in [0.717, 1.165) is 17.8 Å².